The highest BCUT2D eigenvalue weighted by atomic mass is 16.6. The van der Waals surface area contributed by atoms with Gasteiger partial charge in [0.25, 0.3) is 0 Å². The number of likely N-dealkylation sites (tertiary alicyclic amines) is 1. The SMILES string of the molecule is COC[C@H](C)COCc1ccc([C@]2(O)CCN(C(=O)OC(C)(C)C)C[C@@H]2c2ccc(-c3ccccc3CCNC(C)=O)cc2C)cc1. The smallest absolute Gasteiger partial charge is 0.410 e. The third-order valence-electron chi connectivity index (χ3n) is 8.71. The van der Waals surface area contributed by atoms with Crippen molar-refractivity contribution in [2.24, 2.45) is 5.92 Å². The molecule has 8 nitrogen and oxygen atoms in total. The first kappa shape index (κ1) is 36.1. The zero-order valence-electron chi connectivity index (χ0n) is 29.1. The Morgan fingerprint density at radius 3 is 2.45 bits per heavy atom. The van der Waals surface area contributed by atoms with Crippen molar-refractivity contribution in [3.8, 4) is 11.1 Å². The topological polar surface area (TPSA) is 97.3 Å². The van der Waals surface area contributed by atoms with E-state index in [0.29, 0.717) is 51.8 Å². The molecule has 1 aliphatic rings. The number of nitrogens with zero attached hydrogens (tertiary/aromatic N) is 1. The number of ether oxygens (including phenoxy) is 3. The Bertz CT molecular complexity index is 1500. The van der Waals surface area contributed by atoms with Crippen molar-refractivity contribution >= 4 is 12.0 Å². The minimum absolute atomic E-state index is 0.0429. The third-order valence-corrected chi connectivity index (χ3v) is 8.71. The summed E-state index contributed by atoms with van der Waals surface area (Å²) in [5, 5.41) is 15.4. The van der Waals surface area contributed by atoms with Gasteiger partial charge in [-0.05, 0) is 79.5 Å². The van der Waals surface area contributed by atoms with Crippen molar-refractivity contribution in [2.75, 3.05) is 40.0 Å². The molecular formula is C39H52N2O6. The van der Waals surface area contributed by atoms with Crippen LogP contribution in [0.4, 0.5) is 4.79 Å². The van der Waals surface area contributed by atoms with Gasteiger partial charge in [-0.2, -0.15) is 0 Å². The van der Waals surface area contributed by atoms with Gasteiger partial charge in [-0.15, -0.1) is 0 Å². The average molecular weight is 645 g/mol. The van der Waals surface area contributed by atoms with Crippen LogP contribution in [0.1, 0.15) is 74.8 Å². The van der Waals surface area contributed by atoms with Gasteiger partial charge in [-0.25, -0.2) is 4.79 Å². The molecule has 0 radical (unpaired) electrons. The number of benzene rings is 3. The fourth-order valence-electron chi connectivity index (χ4n) is 6.36. The van der Waals surface area contributed by atoms with E-state index in [0.717, 1.165) is 45.4 Å². The quantitative estimate of drug-likeness (QED) is 0.226. The number of aliphatic hydroxyl groups is 1. The van der Waals surface area contributed by atoms with Gasteiger partial charge in [-0.1, -0.05) is 73.7 Å². The summed E-state index contributed by atoms with van der Waals surface area (Å²) in [6, 6.07) is 22.6. The van der Waals surface area contributed by atoms with Crippen LogP contribution >= 0.6 is 0 Å². The molecule has 0 bridgehead atoms. The number of aryl methyl sites for hydroxylation is 1. The highest BCUT2D eigenvalue weighted by Crippen LogP contribution is 2.45. The lowest BCUT2D eigenvalue weighted by atomic mass is 9.71. The fraction of sp³-hybridized carbons (Fsp3) is 0.487. The van der Waals surface area contributed by atoms with E-state index in [1.807, 2.05) is 57.2 Å². The van der Waals surface area contributed by atoms with Crippen molar-refractivity contribution in [1.29, 1.82) is 0 Å². The molecular weight excluding hydrogens is 592 g/mol. The third kappa shape index (κ3) is 9.66. The average Bonchev–Trinajstić information content (AvgIpc) is 3.01. The molecule has 1 aliphatic heterocycles. The Hall–Kier alpha value is -3.72. The Labute approximate surface area is 280 Å². The molecule has 47 heavy (non-hydrogen) atoms. The van der Waals surface area contributed by atoms with Crippen LogP contribution in [0, 0.1) is 12.8 Å². The summed E-state index contributed by atoms with van der Waals surface area (Å²) in [5.74, 6) is -0.119. The summed E-state index contributed by atoms with van der Waals surface area (Å²) in [4.78, 5) is 26.4. The zero-order valence-corrected chi connectivity index (χ0v) is 29.1. The first-order valence-electron chi connectivity index (χ1n) is 16.6. The number of rotatable bonds is 12. The van der Waals surface area contributed by atoms with E-state index < -0.39 is 11.2 Å². The van der Waals surface area contributed by atoms with E-state index in [4.69, 9.17) is 14.2 Å². The van der Waals surface area contributed by atoms with Crippen LogP contribution in [-0.2, 0) is 37.6 Å². The van der Waals surface area contributed by atoms with E-state index >= 15 is 0 Å². The molecule has 1 heterocycles. The molecule has 1 saturated heterocycles. The van der Waals surface area contributed by atoms with Crippen molar-refractivity contribution < 1.29 is 28.9 Å². The molecule has 3 atom stereocenters. The Kier molecular flexibility index (Phi) is 12.2. The number of carbonyl (C=O) groups excluding carboxylic acids is 2. The van der Waals surface area contributed by atoms with Crippen LogP contribution in [0.3, 0.4) is 0 Å². The minimum atomic E-state index is -1.20. The van der Waals surface area contributed by atoms with Crippen molar-refractivity contribution in [2.45, 2.75) is 78.1 Å². The molecule has 0 saturated carbocycles. The van der Waals surface area contributed by atoms with E-state index in [1.54, 1.807) is 12.0 Å². The Morgan fingerprint density at radius 1 is 1.06 bits per heavy atom. The molecule has 8 heteroatoms. The molecule has 254 valence electrons. The van der Waals surface area contributed by atoms with E-state index in [9.17, 15) is 14.7 Å². The zero-order chi connectivity index (χ0) is 34.2. The number of amides is 2. The van der Waals surface area contributed by atoms with Crippen LogP contribution in [-0.4, -0.2) is 67.6 Å². The number of hydrogen-bond donors (Lipinski definition) is 2. The summed E-state index contributed by atoms with van der Waals surface area (Å²) in [6.45, 7) is 14.3. The van der Waals surface area contributed by atoms with E-state index in [2.05, 4.69) is 49.5 Å². The molecule has 0 unspecified atom stereocenters. The summed E-state index contributed by atoms with van der Waals surface area (Å²) in [5.41, 5.74) is 5.36. The second-order valence-corrected chi connectivity index (χ2v) is 13.9. The van der Waals surface area contributed by atoms with Gasteiger partial charge < -0.3 is 29.5 Å². The lowest BCUT2D eigenvalue weighted by Crippen LogP contribution is -2.51. The first-order valence-corrected chi connectivity index (χ1v) is 16.6. The molecule has 0 spiro atoms. The molecule has 3 aromatic carbocycles. The normalized spacial score (nSPS) is 18.9. The predicted molar refractivity (Wildman–Crippen MR) is 185 cm³/mol. The fourth-order valence-corrected chi connectivity index (χ4v) is 6.36. The van der Waals surface area contributed by atoms with Gasteiger partial charge in [0.1, 0.15) is 5.60 Å². The number of carbonyl (C=O) groups is 2. The van der Waals surface area contributed by atoms with Gasteiger partial charge >= 0.3 is 6.09 Å². The molecule has 2 amide bonds. The molecule has 2 N–H and O–H groups in total. The second-order valence-electron chi connectivity index (χ2n) is 13.9. The lowest BCUT2D eigenvalue weighted by Gasteiger charge is -2.45. The maximum absolute atomic E-state index is 13.2. The van der Waals surface area contributed by atoms with Gasteiger partial charge in [0.05, 0.1) is 25.4 Å². The van der Waals surface area contributed by atoms with Crippen LogP contribution in [0.25, 0.3) is 11.1 Å². The van der Waals surface area contributed by atoms with Gasteiger partial charge in [0.2, 0.25) is 5.91 Å². The Balaban J connectivity index is 1.63. The number of piperidine rings is 1. The number of methoxy groups -OCH3 is 1. The van der Waals surface area contributed by atoms with E-state index in [-0.39, 0.29) is 17.9 Å². The summed E-state index contributed by atoms with van der Waals surface area (Å²) in [6.07, 6.45) is 0.716. The summed E-state index contributed by atoms with van der Waals surface area (Å²) in [7, 11) is 1.69. The minimum Gasteiger partial charge on any atom is -0.444 e. The van der Waals surface area contributed by atoms with Gasteiger partial charge in [0, 0.05) is 45.5 Å². The van der Waals surface area contributed by atoms with Crippen molar-refractivity contribution in [3.05, 3.63) is 94.5 Å². The number of hydrogen-bond acceptors (Lipinski definition) is 6. The first-order chi connectivity index (χ1) is 22.3. The lowest BCUT2D eigenvalue weighted by molar-refractivity contribution is -0.118. The van der Waals surface area contributed by atoms with Gasteiger partial charge in [-0.3, -0.25) is 4.79 Å². The maximum Gasteiger partial charge on any atom is 0.410 e. The molecule has 4 rings (SSSR count). The van der Waals surface area contributed by atoms with Crippen LogP contribution < -0.4 is 5.32 Å². The molecule has 0 aliphatic carbocycles. The Morgan fingerprint density at radius 2 is 1.79 bits per heavy atom. The standard InChI is InChI=1S/C39H52N2O6/c1-27(24-45-7)25-46-26-30-12-15-33(16-13-30)39(44)19-21-41(37(43)47-38(4,5)6)23-36(39)34-17-14-32(22-28(34)2)35-11-9-8-10-31(35)18-20-40-29(3)42/h8-17,22,27,36,44H,18-21,23-26H2,1-7H3,(H,40,42)/t27-,36+,39+/m0/s1. The monoisotopic (exact) mass is 644 g/mol. The van der Waals surface area contributed by atoms with Crippen LogP contribution in [0.15, 0.2) is 66.7 Å². The van der Waals surface area contributed by atoms with Crippen LogP contribution in [0.2, 0.25) is 0 Å². The van der Waals surface area contributed by atoms with Crippen molar-refractivity contribution in [1.82, 2.24) is 10.2 Å². The molecule has 1 fully saturated rings. The highest BCUT2D eigenvalue weighted by Gasteiger charge is 2.46. The largest absolute Gasteiger partial charge is 0.444 e. The van der Waals surface area contributed by atoms with Crippen molar-refractivity contribution in [3.63, 3.8) is 0 Å². The molecule has 0 aromatic heterocycles. The van der Waals surface area contributed by atoms with E-state index in [1.165, 1.54) is 6.92 Å². The predicted octanol–water partition coefficient (Wildman–Crippen LogP) is 6.75. The summed E-state index contributed by atoms with van der Waals surface area (Å²) < 4.78 is 16.8. The number of nitrogens with one attached hydrogen (secondary N) is 1. The second kappa shape index (κ2) is 15.9. The summed E-state index contributed by atoms with van der Waals surface area (Å²) >= 11 is 0. The maximum atomic E-state index is 13.2. The highest BCUT2D eigenvalue weighted by molar-refractivity contribution is 5.73. The molecule has 3 aromatic rings. The van der Waals surface area contributed by atoms with Gasteiger partial charge in [0.15, 0.2) is 0 Å². The van der Waals surface area contributed by atoms with Crippen LogP contribution in [0.5, 0.6) is 0 Å².